The zero-order chi connectivity index (χ0) is 11.4. The maximum atomic E-state index is 8.81. The maximum absolute atomic E-state index is 8.81. The molecule has 0 saturated heterocycles. The molecule has 0 aromatic heterocycles. The quantitative estimate of drug-likeness (QED) is 0.600. The minimum Gasteiger partial charge on any atom is -0.448 e. The van der Waals surface area contributed by atoms with Crippen LogP contribution < -0.4 is 4.74 Å². The molecule has 0 aliphatic carbocycles. The largest absolute Gasteiger partial charge is 0.448 e. The highest BCUT2D eigenvalue weighted by Crippen LogP contribution is 2.33. The van der Waals surface area contributed by atoms with Gasteiger partial charge in [0.2, 0.25) is 11.1 Å². The monoisotopic (exact) mass is 323 g/mol. The topological polar surface area (TPSA) is 37.4 Å². The summed E-state index contributed by atoms with van der Waals surface area (Å²) in [7, 11) is 0. The van der Waals surface area contributed by atoms with E-state index in [1.165, 1.54) is 0 Å². The molecule has 0 aliphatic rings. The molecule has 4 heteroatoms. The molecule has 2 aromatic rings. The predicted molar refractivity (Wildman–Crippen MR) is 70.4 cm³/mol. The molecule has 16 heavy (non-hydrogen) atoms. The van der Waals surface area contributed by atoms with Crippen molar-refractivity contribution in [2.75, 3.05) is 0 Å². The van der Waals surface area contributed by atoms with E-state index in [2.05, 4.69) is 27.6 Å². The van der Waals surface area contributed by atoms with E-state index in [4.69, 9.17) is 10.1 Å². The SMILES string of the molecule is N#[N+]c1ccccc1Oc1ccccc1I. The first-order valence-electron chi connectivity index (χ1n) is 4.68. The number of benzene rings is 2. The average molecular weight is 323 g/mol. The molecule has 0 aliphatic heterocycles. The lowest BCUT2D eigenvalue weighted by molar-refractivity contribution is 0.482. The predicted octanol–water partition coefficient (Wildman–Crippen LogP) is 4.57. The first kappa shape index (κ1) is 10.9. The Morgan fingerprint density at radius 1 is 0.938 bits per heavy atom. The summed E-state index contributed by atoms with van der Waals surface area (Å²) in [6.45, 7) is 0. The smallest absolute Gasteiger partial charge is 0.426 e. The Labute approximate surface area is 107 Å². The van der Waals surface area contributed by atoms with Gasteiger partial charge < -0.3 is 4.74 Å². The van der Waals surface area contributed by atoms with Crippen molar-refractivity contribution in [2.45, 2.75) is 0 Å². The first-order chi connectivity index (χ1) is 7.81. The molecule has 0 saturated carbocycles. The number of rotatable bonds is 2. The van der Waals surface area contributed by atoms with Gasteiger partial charge in [-0.15, -0.1) is 0 Å². The van der Waals surface area contributed by atoms with Gasteiger partial charge in [-0.3, -0.25) is 0 Å². The van der Waals surface area contributed by atoms with E-state index in [9.17, 15) is 0 Å². The van der Waals surface area contributed by atoms with Crippen LogP contribution in [0.4, 0.5) is 5.69 Å². The normalized spacial score (nSPS) is 9.50. The molecule has 0 heterocycles. The van der Waals surface area contributed by atoms with Crippen molar-refractivity contribution in [3.8, 4) is 11.5 Å². The Kier molecular flexibility index (Phi) is 3.37. The lowest BCUT2D eigenvalue weighted by atomic mass is 10.3. The number of hydrogen-bond acceptors (Lipinski definition) is 2. The third-order valence-corrected chi connectivity index (χ3v) is 2.92. The molecule has 0 fully saturated rings. The van der Waals surface area contributed by atoms with Crippen molar-refractivity contribution in [1.29, 1.82) is 5.39 Å². The van der Waals surface area contributed by atoms with E-state index in [1.54, 1.807) is 18.2 Å². The van der Waals surface area contributed by atoms with E-state index in [0.717, 1.165) is 9.32 Å². The molecule has 0 bridgehead atoms. The third-order valence-electron chi connectivity index (χ3n) is 2.03. The highest BCUT2D eigenvalue weighted by atomic mass is 127. The van der Waals surface area contributed by atoms with Gasteiger partial charge in [-0.25, -0.2) is 0 Å². The van der Waals surface area contributed by atoms with Crippen molar-refractivity contribution in [3.63, 3.8) is 0 Å². The van der Waals surface area contributed by atoms with Crippen molar-refractivity contribution < 1.29 is 4.74 Å². The van der Waals surface area contributed by atoms with E-state index in [-0.39, 0.29) is 0 Å². The lowest BCUT2D eigenvalue weighted by Crippen LogP contribution is -1.86. The number of diazo groups is 1. The molecule has 3 nitrogen and oxygen atoms in total. The highest BCUT2D eigenvalue weighted by molar-refractivity contribution is 14.1. The van der Waals surface area contributed by atoms with Crippen molar-refractivity contribution >= 4 is 28.3 Å². The fourth-order valence-electron chi connectivity index (χ4n) is 1.27. The average Bonchev–Trinajstić information content (AvgIpc) is 2.33. The standard InChI is InChI=1S/C12H8IN2O/c13-9-5-1-3-7-11(9)16-12-8-4-2-6-10(12)15-14/h1-8H/q+1. The van der Waals surface area contributed by atoms with Crippen molar-refractivity contribution in [2.24, 2.45) is 0 Å². The zero-order valence-electron chi connectivity index (χ0n) is 8.30. The van der Waals surface area contributed by atoms with Gasteiger partial charge >= 0.3 is 5.69 Å². The maximum Gasteiger partial charge on any atom is 0.426 e. The van der Waals surface area contributed by atoms with Crippen LogP contribution in [0.2, 0.25) is 0 Å². The van der Waals surface area contributed by atoms with E-state index in [0.29, 0.717) is 11.4 Å². The Balaban J connectivity index is 2.35. The number of nitrogens with zero attached hydrogens (tertiary/aromatic N) is 2. The number of para-hydroxylation sites is 2. The summed E-state index contributed by atoms with van der Waals surface area (Å²) in [5, 5.41) is 8.81. The van der Waals surface area contributed by atoms with Gasteiger partial charge in [0.15, 0.2) is 4.98 Å². The molecule has 2 rings (SSSR count). The lowest BCUT2D eigenvalue weighted by Gasteiger charge is -2.04. The fourth-order valence-corrected chi connectivity index (χ4v) is 1.77. The van der Waals surface area contributed by atoms with Crippen molar-refractivity contribution in [3.05, 3.63) is 57.1 Å². The van der Waals surface area contributed by atoms with E-state index in [1.807, 2.05) is 30.3 Å². The van der Waals surface area contributed by atoms with Crippen LogP contribution in [0, 0.1) is 8.96 Å². The van der Waals surface area contributed by atoms with E-state index < -0.39 is 0 Å². The summed E-state index contributed by atoms with van der Waals surface area (Å²) in [6.07, 6.45) is 0. The highest BCUT2D eigenvalue weighted by Gasteiger charge is 2.14. The van der Waals surface area contributed by atoms with Crippen LogP contribution in [-0.4, -0.2) is 0 Å². The van der Waals surface area contributed by atoms with Crippen LogP contribution >= 0.6 is 22.6 Å². The van der Waals surface area contributed by atoms with Gasteiger partial charge in [0.1, 0.15) is 5.75 Å². The van der Waals surface area contributed by atoms with Gasteiger partial charge in [-0.05, 0) is 40.8 Å². The molecule has 0 amide bonds. The number of ether oxygens (including phenoxy) is 1. The van der Waals surface area contributed by atoms with Crippen LogP contribution in [0.15, 0.2) is 48.5 Å². The molecule has 0 N–H and O–H groups in total. The van der Waals surface area contributed by atoms with Crippen LogP contribution in [0.1, 0.15) is 0 Å². The molecular formula is C12H8IN2O+. The number of hydrogen-bond donors (Lipinski definition) is 0. The number of halogens is 1. The first-order valence-corrected chi connectivity index (χ1v) is 5.75. The van der Waals surface area contributed by atoms with Gasteiger partial charge in [0, 0.05) is 6.07 Å². The second-order valence-corrected chi connectivity index (χ2v) is 4.26. The summed E-state index contributed by atoms with van der Waals surface area (Å²) in [5.74, 6) is 1.29. The Hall–Kier alpha value is -1.61. The molecule has 0 atom stereocenters. The zero-order valence-corrected chi connectivity index (χ0v) is 10.5. The van der Waals surface area contributed by atoms with Crippen LogP contribution in [0.5, 0.6) is 11.5 Å². The van der Waals surface area contributed by atoms with Gasteiger partial charge in [0.25, 0.3) is 0 Å². The summed E-state index contributed by atoms with van der Waals surface area (Å²) in [6, 6.07) is 14.7. The summed E-state index contributed by atoms with van der Waals surface area (Å²) in [4.78, 5) is 3.17. The molecule has 0 spiro atoms. The molecular weight excluding hydrogens is 315 g/mol. The van der Waals surface area contributed by atoms with E-state index >= 15 is 0 Å². The molecule has 2 aromatic carbocycles. The Bertz CT molecular complexity index is 549. The van der Waals surface area contributed by atoms with Crippen LogP contribution in [-0.2, 0) is 0 Å². The molecule has 0 unspecified atom stereocenters. The van der Waals surface area contributed by atoms with Gasteiger partial charge in [-0.2, -0.15) is 0 Å². The molecule has 78 valence electrons. The van der Waals surface area contributed by atoms with Crippen LogP contribution in [0.25, 0.3) is 4.98 Å². The Morgan fingerprint density at radius 2 is 1.56 bits per heavy atom. The van der Waals surface area contributed by atoms with Gasteiger partial charge in [-0.1, -0.05) is 24.3 Å². The summed E-state index contributed by atoms with van der Waals surface area (Å²) >= 11 is 2.19. The summed E-state index contributed by atoms with van der Waals surface area (Å²) < 4.78 is 6.68. The second kappa shape index (κ2) is 4.94. The third kappa shape index (κ3) is 2.31. The van der Waals surface area contributed by atoms with Gasteiger partial charge in [0.05, 0.1) is 3.57 Å². The minimum atomic E-state index is 0.419. The second-order valence-electron chi connectivity index (χ2n) is 3.10. The van der Waals surface area contributed by atoms with Crippen LogP contribution in [0.3, 0.4) is 0 Å². The minimum absolute atomic E-state index is 0.419. The molecule has 0 radical (unpaired) electrons. The fraction of sp³-hybridized carbons (Fsp3) is 0. The van der Waals surface area contributed by atoms with Crippen molar-refractivity contribution in [1.82, 2.24) is 0 Å². The summed E-state index contributed by atoms with van der Waals surface area (Å²) in [5.41, 5.74) is 0.419. The Morgan fingerprint density at radius 3 is 2.25 bits per heavy atom.